The molecule has 0 unspecified atom stereocenters. The van der Waals surface area contributed by atoms with Crippen LogP contribution in [0.5, 0.6) is 0 Å². The summed E-state index contributed by atoms with van der Waals surface area (Å²) in [5, 5.41) is 0. The Morgan fingerprint density at radius 2 is 1.94 bits per heavy atom. The van der Waals surface area contributed by atoms with Crippen molar-refractivity contribution >= 4 is 33.0 Å². The summed E-state index contributed by atoms with van der Waals surface area (Å²) in [4.78, 5) is 1.85. The Hall–Kier alpha value is -1.55. The van der Waals surface area contributed by atoms with Crippen molar-refractivity contribution in [3.8, 4) is 0 Å². The maximum Gasteiger partial charge on any atom is 0.125 e. The first-order valence-corrected chi connectivity index (χ1v) is 5.91. The van der Waals surface area contributed by atoms with Crippen LogP contribution in [-0.4, -0.2) is 7.05 Å². The van der Waals surface area contributed by atoms with Gasteiger partial charge in [-0.1, -0.05) is 22.0 Å². The molecule has 2 nitrogen and oxygen atoms in total. The number of hydrogen-bond acceptors (Lipinski definition) is 2. The summed E-state index contributed by atoms with van der Waals surface area (Å²) in [5.74, 6) is -0.261. The molecule has 4 heteroatoms. The van der Waals surface area contributed by atoms with E-state index >= 15 is 0 Å². The minimum atomic E-state index is -0.261. The number of benzene rings is 2. The fraction of sp³-hybridized carbons (Fsp3) is 0.0769. The summed E-state index contributed by atoms with van der Waals surface area (Å²) in [6.07, 6.45) is 0. The lowest BCUT2D eigenvalue weighted by atomic mass is 10.2. The van der Waals surface area contributed by atoms with Crippen molar-refractivity contribution in [3.05, 3.63) is 52.8 Å². The Bertz CT molecular complexity index is 543. The molecule has 0 radical (unpaired) electrons. The third kappa shape index (κ3) is 2.58. The second kappa shape index (κ2) is 4.75. The highest BCUT2D eigenvalue weighted by Gasteiger charge is 2.08. The summed E-state index contributed by atoms with van der Waals surface area (Å²) in [7, 11) is 1.85. The van der Waals surface area contributed by atoms with Gasteiger partial charge in [0.05, 0.1) is 11.4 Å². The average Bonchev–Trinajstić information content (AvgIpc) is 2.31. The van der Waals surface area contributed by atoms with Gasteiger partial charge in [0.1, 0.15) is 5.82 Å². The number of hydrogen-bond donors (Lipinski definition) is 1. The van der Waals surface area contributed by atoms with Gasteiger partial charge in [0, 0.05) is 17.2 Å². The van der Waals surface area contributed by atoms with Gasteiger partial charge in [-0.15, -0.1) is 0 Å². The molecule has 0 saturated heterocycles. The maximum atomic E-state index is 13.2. The Morgan fingerprint density at radius 3 is 2.65 bits per heavy atom. The SMILES string of the molecule is CN(c1cccc(F)c1)c1cc(Br)ccc1N. The number of nitrogen functional groups attached to an aromatic ring is 1. The van der Waals surface area contributed by atoms with Gasteiger partial charge in [0.15, 0.2) is 0 Å². The van der Waals surface area contributed by atoms with E-state index in [0.29, 0.717) is 5.69 Å². The zero-order valence-corrected chi connectivity index (χ0v) is 10.9. The smallest absolute Gasteiger partial charge is 0.125 e. The van der Waals surface area contributed by atoms with Gasteiger partial charge < -0.3 is 10.6 Å². The Labute approximate surface area is 108 Å². The van der Waals surface area contributed by atoms with Crippen LogP contribution in [0.3, 0.4) is 0 Å². The van der Waals surface area contributed by atoms with Crippen LogP contribution in [-0.2, 0) is 0 Å². The van der Waals surface area contributed by atoms with Gasteiger partial charge in [-0.2, -0.15) is 0 Å². The largest absolute Gasteiger partial charge is 0.397 e. The topological polar surface area (TPSA) is 29.3 Å². The summed E-state index contributed by atoms with van der Waals surface area (Å²) >= 11 is 3.40. The van der Waals surface area contributed by atoms with Crippen molar-refractivity contribution in [1.29, 1.82) is 0 Å². The number of halogens is 2. The first kappa shape index (κ1) is 11.9. The Morgan fingerprint density at radius 1 is 1.18 bits per heavy atom. The van der Waals surface area contributed by atoms with Crippen LogP contribution in [0.15, 0.2) is 46.9 Å². The molecular weight excluding hydrogens is 283 g/mol. The molecule has 2 aromatic carbocycles. The quantitative estimate of drug-likeness (QED) is 0.850. The van der Waals surface area contributed by atoms with Crippen LogP contribution in [0.25, 0.3) is 0 Å². The van der Waals surface area contributed by atoms with E-state index in [1.165, 1.54) is 12.1 Å². The molecule has 0 saturated carbocycles. The molecule has 0 aliphatic carbocycles. The first-order chi connectivity index (χ1) is 8.08. The molecule has 0 spiro atoms. The lowest BCUT2D eigenvalue weighted by Gasteiger charge is -2.21. The standard InChI is InChI=1S/C13H12BrFN2/c1-17(11-4-2-3-10(15)8-11)13-7-9(14)5-6-12(13)16/h2-8H,16H2,1H3. The molecule has 0 fully saturated rings. The fourth-order valence-corrected chi connectivity index (χ4v) is 1.98. The molecule has 88 valence electrons. The van der Waals surface area contributed by atoms with Gasteiger partial charge in [0.2, 0.25) is 0 Å². The summed E-state index contributed by atoms with van der Waals surface area (Å²) in [6, 6.07) is 12.0. The van der Waals surface area contributed by atoms with Crippen LogP contribution >= 0.6 is 15.9 Å². The van der Waals surface area contributed by atoms with Gasteiger partial charge in [-0.3, -0.25) is 0 Å². The summed E-state index contributed by atoms with van der Waals surface area (Å²) < 4.78 is 14.1. The zero-order valence-electron chi connectivity index (χ0n) is 9.32. The average molecular weight is 295 g/mol. The predicted octanol–water partition coefficient (Wildman–Crippen LogP) is 3.94. The molecule has 0 bridgehead atoms. The Kier molecular flexibility index (Phi) is 3.33. The lowest BCUT2D eigenvalue weighted by molar-refractivity contribution is 0.628. The van der Waals surface area contributed by atoms with Crippen LogP contribution in [0.4, 0.5) is 21.5 Å². The van der Waals surface area contributed by atoms with E-state index in [1.54, 1.807) is 6.07 Å². The number of nitrogens with two attached hydrogens (primary N) is 1. The van der Waals surface area contributed by atoms with E-state index in [0.717, 1.165) is 15.8 Å². The third-order valence-electron chi connectivity index (χ3n) is 2.55. The minimum absolute atomic E-state index is 0.261. The van der Waals surface area contributed by atoms with E-state index in [4.69, 9.17) is 5.73 Å². The lowest BCUT2D eigenvalue weighted by Crippen LogP contribution is -2.11. The normalized spacial score (nSPS) is 10.3. The highest BCUT2D eigenvalue weighted by Crippen LogP contribution is 2.31. The van der Waals surface area contributed by atoms with E-state index in [2.05, 4.69) is 15.9 Å². The second-order valence-electron chi connectivity index (χ2n) is 3.74. The van der Waals surface area contributed by atoms with Crippen LogP contribution in [0, 0.1) is 5.82 Å². The van der Waals surface area contributed by atoms with Gasteiger partial charge in [-0.25, -0.2) is 4.39 Å². The molecular formula is C13H12BrFN2. The molecule has 2 aromatic rings. The Balaban J connectivity index is 2.43. The highest BCUT2D eigenvalue weighted by molar-refractivity contribution is 9.10. The van der Waals surface area contributed by atoms with Gasteiger partial charge in [0.25, 0.3) is 0 Å². The summed E-state index contributed by atoms with van der Waals surface area (Å²) in [6.45, 7) is 0. The minimum Gasteiger partial charge on any atom is -0.397 e. The first-order valence-electron chi connectivity index (χ1n) is 5.12. The van der Waals surface area contributed by atoms with E-state index in [-0.39, 0.29) is 5.82 Å². The second-order valence-corrected chi connectivity index (χ2v) is 4.66. The van der Waals surface area contributed by atoms with E-state index in [9.17, 15) is 4.39 Å². The number of anilines is 3. The molecule has 0 aliphatic heterocycles. The molecule has 0 atom stereocenters. The molecule has 0 aromatic heterocycles. The number of nitrogens with zero attached hydrogens (tertiary/aromatic N) is 1. The van der Waals surface area contributed by atoms with E-state index < -0.39 is 0 Å². The maximum absolute atomic E-state index is 13.2. The van der Waals surface area contributed by atoms with Crippen LogP contribution in [0.2, 0.25) is 0 Å². The van der Waals surface area contributed by atoms with Crippen molar-refractivity contribution < 1.29 is 4.39 Å². The highest BCUT2D eigenvalue weighted by atomic mass is 79.9. The van der Waals surface area contributed by atoms with Crippen molar-refractivity contribution in [2.75, 3.05) is 17.7 Å². The van der Waals surface area contributed by atoms with Crippen molar-refractivity contribution in [1.82, 2.24) is 0 Å². The monoisotopic (exact) mass is 294 g/mol. The van der Waals surface area contributed by atoms with Gasteiger partial charge >= 0.3 is 0 Å². The van der Waals surface area contributed by atoms with Crippen molar-refractivity contribution in [3.63, 3.8) is 0 Å². The molecule has 0 aliphatic rings. The molecule has 0 heterocycles. The zero-order chi connectivity index (χ0) is 12.4. The molecule has 0 amide bonds. The van der Waals surface area contributed by atoms with Gasteiger partial charge in [-0.05, 0) is 36.4 Å². The molecule has 17 heavy (non-hydrogen) atoms. The van der Waals surface area contributed by atoms with Crippen molar-refractivity contribution in [2.24, 2.45) is 0 Å². The predicted molar refractivity (Wildman–Crippen MR) is 73.0 cm³/mol. The number of rotatable bonds is 2. The van der Waals surface area contributed by atoms with Crippen LogP contribution in [0.1, 0.15) is 0 Å². The third-order valence-corrected chi connectivity index (χ3v) is 3.04. The fourth-order valence-electron chi connectivity index (χ4n) is 1.63. The molecule has 2 N–H and O–H groups in total. The van der Waals surface area contributed by atoms with E-state index in [1.807, 2.05) is 36.2 Å². The summed E-state index contributed by atoms with van der Waals surface area (Å²) in [5.41, 5.74) is 8.16. The van der Waals surface area contributed by atoms with Crippen LogP contribution < -0.4 is 10.6 Å². The van der Waals surface area contributed by atoms with Crippen molar-refractivity contribution in [2.45, 2.75) is 0 Å². The molecule has 2 rings (SSSR count).